The smallest absolute Gasteiger partial charge is 0.235 e. The Bertz CT molecular complexity index is 691. The molecular weight excluding hydrogens is 334 g/mol. The first-order valence-corrected chi connectivity index (χ1v) is 9.70. The van der Waals surface area contributed by atoms with Crippen LogP contribution in [-0.2, 0) is 4.79 Å². The van der Waals surface area contributed by atoms with Gasteiger partial charge in [0, 0.05) is 31.2 Å². The molecule has 3 rings (SSSR count). The highest BCUT2D eigenvalue weighted by molar-refractivity contribution is 8.00. The Hall–Kier alpha value is -1.95. The summed E-state index contributed by atoms with van der Waals surface area (Å²) in [6, 6.07) is 7.84. The Kier molecular flexibility index (Phi) is 6.02. The predicted molar refractivity (Wildman–Crippen MR) is 100 cm³/mol. The summed E-state index contributed by atoms with van der Waals surface area (Å²) >= 11 is 1.52. The molecule has 1 aromatic carbocycles. The highest BCUT2D eigenvalue weighted by atomic mass is 32.2. The van der Waals surface area contributed by atoms with Crippen molar-refractivity contribution in [2.75, 3.05) is 20.2 Å². The fourth-order valence-electron chi connectivity index (χ4n) is 3.07. The maximum absolute atomic E-state index is 12.8. The van der Waals surface area contributed by atoms with Crippen LogP contribution in [0.2, 0.25) is 0 Å². The number of rotatable bonds is 5. The molecule has 0 aliphatic carbocycles. The first-order valence-electron chi connectivity index (χ1n) is 8.82. The molecular formula is C19H25N3O2S. The van der Waals surface area contributed by atoms with E-state index in [9.17, 15) is 4.79 Å². The SMILES string of the molecule is COc1ccc(-n2ccnc2SC(C)C(=O)N2CCCCCC2)cc1. The van der Waals surface area contributed by atoms with Gasteiger partial charge in [0.1, 0.15) is 5.75 Å². The molecule has 1 saturated heterocycles. The fourth-order valence-corrected chi connectivity index (χ4v) is 4.04. The number of aromatic nitrogens is 2. The molecule has 0 N–H and O–H groups in total. The Morgan fingerprint density at radius 1 is 1.16 bits per heavy atom. The topological polar surface area (TPSA) is 47.4 Å². The summed E-state index contributed by atoms with van der Waals surface area (Å²) in [5, 5.41) is 0.693. The van der Waals surface area contributed by atoms with Gasteiger partial charge in [0.2, 0.25) is 5.91 Å². The monoisotopic (exact) mass is 359 g/mol. The highest BCUT2D eigenvalue weighted by Gasteiger charge is 2.23. The fraction of sp³-hybridized carbons (Fsp3) is 0.474. The second-order valence-corrected chi connectivity index (χ2v) is 7.59. The van der Waals surface area contributed by atoms with Crippen molar-refractivity contribution in [3.8, 4) is 11.4 Å². The zero-order valence-corrected chi connectivity index (χ0v) is 15.7. The molecule has 2 aromatic rings. The van der Waals surface area contributed by atoms with Gasteiger partial charge in [-0.3, -0.25) is 9.36 Å². The van der Waals surface area contributed by atoms with Crippen LogP contribution in [0.25, 0.3) is 5.69 Å². The van der Waals surface area contributed by atoms with Gasteiger partial charge in [-0.25, -0.2) is 4.98 Å². The molecule has 1 amide bonds. The van der Waals surface area contributed by atoms with Crippen LogP contribution in [0.5, 0.6) is 5.75 Å². The molecule has 0 radical (unpaired) electrons. The van der Waals surface area contributed by atoms with Crippen LogP contribution in [0.3, 0.4) is 0 Å². The van der Waals surface area contributed by atoms with Crippen LogP contribution in [-0.4, -0.2) is 45.8 Å². The number of hydrogen-bond acceptors (Lipinski definition) is 4. The average molecular weight is 359 g/mol. The summed E-state index contributed by atoms with van der Waals surface area (Å²) in [5.74, 6) is 1.04. The predicted octanol–water partition coefficient (Wildman–Crippen LogP) is 3.76. The number of thioether (sulfide) groups is 1. The summed E-state index contributed by atoms with van der Waals surface area (Å²) in [5.41, 5.74) is 1.01. The molecule has 1 aliphatic rings. The van der Waals surface area contributed by atoms with Crippen LogP contribution >= 0.6 is 11.8 Å². The molecule has 5 nitrogen and oxygen atoms in total. The minimum absolute atomic E-state index is 0.141. The van der Waals surface area contributed by atoms with Gasteiger partial charge in [-0.05, 0) is 44.0 Å². The molecule has 1 atom stereocenters. The Labute approximate surface area is 153 Å². The van der Waals surface area contributed by atoms with E-state index >= 15 is 0 Å². The maximum Gasteiger partial charge on any atom is 0.235 e. The first kappa shape index (κ1) is 17.9. The van der Waals surface area contributed by atoms with E-state index in [0.717, 1.165) is 42.5 Å². The molecule has 1 unspecified atom stereocenters. The molecule has 1 fully saturated rings. The molecule has 1 aliphatic heterocycles. The van der Waals surface area contributed by atoms with E-state index < -0.39 is 0 Å². The lowest BCUT2D eigenvalue weighted by Gasteiger charge is -2.23. The van der Waals surface area contributed by atoms with Crippen molar-refractivity contribution < 1.29 is 9.53 Å². The van der Waals surface area contributed by atoms with E-state index in [2.05, 4.69) is 4.98 Å². The van der Waals surface area contributed by atoms with E-state index in [-0.39, 0.29) is 11.2 Å². The van der Waals surface area contributed by atoms with Crippen molar-refractivity contribution in [3.05, 3.63) is 36.7 Å². The third-order valence-electron chi connectivity index (χ3n) is 4.51. The van der Waals surface area contributed by atoms with Crippen LogP contribution in [0.4, 0.5) is 0 Å². The zero-order valence-electron chi connectivity index (χ0n) is 14.9. The van der Waals surface area contributed by atoms with Gasteiger partial charge in [0.15, 0.2) is 5.16 Å². The third-order valence-corrected chi connectivity index (χ3v) is 5.57. The first-order chi connectivity index (χ1) is 12.2. The minimum atomic E-state index is -0.141. The average Bonchev–Trinajstić information content (AvgIpc) is 2.93. The van der Waals surface area contributed by atoms with Gasteiger partial charge >= 0.3 is 0 Å². The Balaban J connectivity index is 1.70. The summed E-state index contributed by atoms with van der Waals surface area (Å²) in [6.45, 7) is 3.75. The van der Waals surface area contributed by atoms with Crippen molar-refractivity contribution in [1.82, 2.24) is 14.5 Å². The van der Waals surface area contributed by atoms with Gasteiger partial charge in [0.25, 0.3) is 0 Å². The molecule has 134 valence electrons. The lowest BCUT2D eigenvalue weighted by Crippen LogP contribution is -2.37. The van der Waals surface area contributed by atoms with Gasteiger partial charge in [0.05, 0.1) is 12.4 Å². The summed E-state index contributed by atoms with van der Waals surface area (Å²) in [6.07, 6.45) is 8.39. The van der Waals surface area contributed by atoms with Crippen molar-refractivity contribution >= 4 is 17.7 Å². The van der Waals surface area contributed by atoms with Gasteiger partial charge in [-0.15, -0.1) is 0 Å². The lowest BCUT2D eigenvalue weighted by atomic mass is 10.2. The number of ether oxygens (including phenoxy) is 1. The quantitative estimate of drug-likeness (QED) is 0.763. The van der Waals surface area contributed by atoms with E-state index in [1.165, 1.54) is 24.6 Å². The minimum Gasteiger partial charge on any atom is -0.497 e. The lowest BCUT2D eigenvalue weighted by molar-refractivity contribution is -0.130. The number of benzene rings is 1. The van der Waals surface area contributed by atoms with Crippen LogP contribution in [0.1, 0.15) is 32.6 Å². The number of imidazole rings is 1. The van der Waals surface area contributed by atoms with Crippen molar-refractivity contribution in [2.24, 2.45) is 0 Å². The van der Waals surface area contributed by atoms with Crippen molar-refractivity contribution in [3.63, 3.8) is 0 Å². The molecule has 6 heteroatoms. The highest BCUT2D eigenvalue weighted by Crippen LogP contribution is 2.27. The van der Waals surface area contributed by atoms with E-state index in [1.807, 2.05) is 46.9 Å². The van der Waals surface area contributed by atoms with E-state index in [0.29, 0.717) is 0 Å². The normalized spacial score (nSPS) is 16.3. The van der Waals surface area contributed by atoms with Gasteiger partial charge < -0.3 is 9.64 Å². The Morgan fingerprint density at radius 3 is 2.48 bits per heavy atom. The van der Waals surface area contributed by atoms with Crippen molar-refractivity contribution in [2.45, 2.75) is 43.0 Å². The number of carbonyl (C=O) groups is 1. The summed E-state index contributed by atoms with van der Waals surface area (Å²) in [7, 11) is 1.66. The number of carbonyl (C=O) groups excluding carboxylic acids is 1. The van der Waals surface area contributed by atoms with E-state index in [1.54, 1.807) is 13.3 Å². The molecule has 25 heavy (non-hydrogen) atoms. The van der Waals surface area contributed by atoms with Crippen LogP contribution < -0.4 is 4.74 Å². The van der Waals surface area contributed by atoms with E-state index in [4.69, 9.17) is 4.74 Å². The van der Waals surface area contributed by atoms with Crippen molar-refractivity contribution in [1.29, 1.82) is 0 Å². The molecule has 0 bridgehead atoms. The zero-order chi connectivity index (χ0) is 17.6. The number of methoxy groups -OCH3 is 1. The van der Waals surface area contributed by atoms with Crippen LogP contribution in [0, 0.1) is 0 Å². The standard InChI is InChI=1S/C19H25N3O2S/c1-15(18(23)21-12-5-3-4-6-13-21)25-19-20-11-14-22(19)16-7-9-17(24-2)10-8-16/h7-11,14-15H,3-6,12-13H2,1-2H3. The largest absolute Gasteiger partial charge is 0.497 e. The molecule has 2 heterocycles. The van der Waals surface area contributed by atoms with Gasteiger partial charge in [-0.1, -0.05) is 24.6 Å². The second kappa shape index (κ2) is 8.43. The molecule has 0 saturated carbocycles. The Morgan fingerprint density at radius 2 is 1.84 bits per heavy atom. The number of hydrogen-bond donors (Lipinski definition) is 0. The maximum atomic E-state index is 12.8. The van der Waals surface area contributed by atoms with Gasteiger partial charge in [-0.2, -0.15) is 0 Å². The summed E-state index contributed by atoms with van der Waals surface area (Å²) < 4.78 is 7.22. The second-order valence-electron chi connectivity index (χ2n) is 6.28. The number of likely N-dealkylation sites (tertiary alicyclic amines) is 1. The molecule has 0 spiro atoms. The summed E-state index contributed by atoms with van der Waals surface area (Å²) in [4.78, 5) is 19.2. The van der Waals surface area contributed by atoms with Crippen LogP contribution in [0.15, 0.2) is 41.8 Å². The third kappa shape index (κ3) is 4.37. The number of nitrogens with zero attached hydrogens (tertiary/aromatic N) is 3. The molecule has 1 aromatic heterocycles. The number of amides is 1.